The van der Waals surface area contributed by atoms with Gasteiger partial charge in [0, 0.05) is 26.1 Å². The van der Waals surface area contributed by atoms with Crippen molar-refractivity contribution in [1.82, 2.24) is 14.9 Å². The van der Waals surface area contributed by atoms with E-state index in [0.717, 1.165) is 25.7 Å². The molecule has 1 aliphatic carbocycles. The smallest absolute Gasteiger partial charge is 0.297 e. The van der Waals surface area contributed by atoms with Crippen LogP contribution in [0.1, 0.15) is 39.5 Å². The normalized spacial score (nSPS) is 19.9. The fourth-order valence-electron chi connectivity index (χ4n) is 3.76. The first-order valence-electron chi connectivity index (χ1n) is 10.5. The molecule has 2 aromatic rings. The zero-order chi connectivity index (χ0) is 23.4. The van der Waals surface area contributed by atoms with E-state index in [1.54, 1.807) is 11.6 Å². The van der Waals surface area contributed by atoms with Crippen LogP contribution in [0.3, 0.4) is 0 Å². The molecule has 7 nitrogen and oxygen atoms in total. The number of alkyl halides is 2. The van der Waals surface area contributed by atoms with Crippen LogP contribution in [0, 0.1) is 0 Å². The number of nitrogens with zero attached hydrogens (tertiary/aromatic N) is 2. The fraction of sp³-hybridized carbons (Fsp3) is 0.619. The second-order valence-corrected chi connectivity index (χ2v) is 8.76. The van der Waals surface area contributed by atoms with Gasteiger partial charge in [0.05, 0.1) is 23.3 Å². The Bertz CT molecular complexity index is 949. The first-order valence-corrected chi connectivity index (χ1v) is 11.2. The zero-order valence-corrected chi connectivity index (χ0v) is 19.7. The third-order valence-corrected chi connectivity index (χ3v) is 5.91. The zero-order valence-electron chi connectivity index (χ0n) is 18.2. The lowest BCUT2D eigenvalue weighted by Crippen LogP contribution is -2.37. The van der Waals surface area contributed by atoms with Crippen LogP contribution in [0.4, 0.5) is 8.78 Å². The molecule has 1 aromatic heterocycles. The number of halogens is 4. The average molecular weight is 494 g/mol. The van der Waals surface area contributed by atoms with Crippen molar-refractivity contribution in [3.63, 3.8) is 0 Å². The highest BCUT2D eigenvalue weighted by molar-refractivity contribution is 6.40. The summed E-state index contributed by atoms with van der Waals surface area (Å²) in [4.78, 5) is 15.5. The number of rotatable bonds is 9. The minimum Gasteiger partial charge on any atom is -0.486 e. The Kier molecular flexibility index (Phi) is 8.41. The molecular weight excluding hydrogens is 467 g/mol. The molecular formula is C21H27Cl2F2N3O4. The van der Waals surface area contributed by atoms with Crippen LogP contribution in [0.2, 0.25) is 10.0 Å². The van der Waals surface area contributed by atoms with Gasteiger partial charge in [-0.1, -0.05) is 23.2 Å². The van der Waals surface area contributed by atoms with Gasteiger partial charge in [-0.3, -0.25) is 9.36 Å². The predicted molar refractivity (Wildman–Crippen MR) is 118 cm³/mol. The topological polar surface area (TPSA) is 74.6 Å². The summed E-state index contributed by atoms with van der Waals surface area (Å²) in [7, 11) is 1.72. The molecule has 3 rings (SSSR count). The number of fused-ring (bicyclic) bond motifs is 1. The molecule has 1 fully saturated rings. The lowest BCUT2D eigenvalue weighted by molar-refractivity contribution is -0.120. The van der Waals surface area contributed by atoms with Gasteiger partial charge in [-0.2, -0.15) is 4.98 Å². The Labute approximate surface area is 195 Å². The van der Waals surface area contributed by atoms with Crippen molar-refractivity contribution in [1.29, 1.82) is 0 Å². The van der Waals surface area contributed by atoms with Gasteiger partial charge in [0.15, 0.2) is 0 Å². The van der Waals surface area contributed by atoms with E-state index in [4.69, 9.17) is 37.4 Å². The molecule has 0 radical (unpaired) electrons. The Morgan fingerprint density at radius 1 is 1.25 bits per heavy atom. The SMILES string of the molecule is CC(=O)N[C@@H](C)CO[C@H]1CC[C@H](Oc2nc3c(Cl)cc(OCC(F)F)c(Cl)c3n2C)CC1. The highest BCUT2D eigenvalue weighted by atomic mass is 35.5. The van der Waals surface area contributed by atoms with Gasteiger partial charge in [0.2, 0.25) is 5.91 Å². The average Bonchev–Trinajstić information content (AvgIpc) is 3.05. The van der Waals surface area contributed by atoms with Crippen LogP contribution < -0.4 is 14.8 Å². The van der Waals surface area contributed by atoms with Crippen molar-refractivity contribution in [2.45, 2.75) is 64.2 Å². The van der Waals surface area contributed by atoms with Crippen molar-refractivity contribution in [2.24, 2.45) is 7.05 Å². The summed E-state index contributed by atoms with van der Waals surface area (Å²) in [5.41, 5.74) is 0.880. The molecule has 178 valence electrons. The summed E-state index contributed by atoms with van der Waals surface area (Å²) in [6.45, 7) is 3.07. The molecule has 11 heteroatoms. The minimum atomic E-state index is -2.63. The molecule has 1 saturated carbocycles. The van der Waals surface area contributed by atoms with E-state index in [9.17, 15) is 13.6 Å². The summed E-state index contributed by atoms with van der Waals surface area (Å²) in [5.74, 6) is -0.00117. The first-order chi connectivity index (χ1) is 15.2. The predicted octanol–water partition coefficient (Wildman–Crippen LogP) is 4.76. The maximum Gasteiger partial charge on any atom is 0.297 e. The van der Waals surface area contributed by atoms with Crippen molar-refractivity contribution >= 4 is 40.1 Å². The van der Waals surface area contributed by atoms with Gasteiger partial charge in [-0.05, 0) is 32.6 Å². The number of aromatic nitrogens is 2. The molecule has 0 saturated heterocycles. The van der Waals surface area contributed by atoms with E-state index in [-0.39, 0.29) is 40.0 Å². The highest BCUT2D eigenvalue weighted by Gasteiger charge is 2.26. The van der Waals surface area contributed by atoms with Crippen LogP contribution in [0.15, 0.2) is 6.07 Å². The molecule has 1 atom stereocenters. The molecule has 0 spiro atoms. The van der Waals surface area contributed by atoms with E-state index < -0.39 is 13.0 Å². The lowest BCUT2D eigenvalue weighted by Gasteiger charge is -2.29. The van der Waals surface area contributed by atoms with Crippen LogP contribution >= 0.6 is 23.2 Å². The number of aryl methyl sites for hydroxylation is 1. The molecule has 1 aliphatic rings. The van der Waals surface area contributed by atoms with Crippen LogP contribution in [0.25, 0.3) is 11.0 Å². The second kappa shape index (κ2) is 10.9. The van der Waals surface area contributed by atoms with Crippen LogP contribution in [-0.2, 0) is 16.6 Å². The number of amides is 1. The standard InChI is InChI=1S/C21H27Cl2F2N3O4/c1-11(26-12(2)29)9-30-13-4-6-14(7-5-13)32-21-27-19-15(22)8-16(31-10-17(24)25)18(23)20(19)28(21)3/h8,11,13-14,17H,4-7,9-10H2,1-3H3,(H,26,29)/t11-,13-,14-/m0/s1. The third-order valence-electron chi connectivity index (χ3n) is 5.25. The summed E-state index contributed by atoms with van der Waals surface area (Å²) in [6.07, 6.45) is 0.663. The molecule has 0 bridgehead atoms. The van der Waals surface area contributed by atoms with E-state index in [0.29, 0.717) is 23.7 Å². The van der Waals surface area contributed by atoms with E-state index in [1.807, 2.05) is 6.92 Å². The quantitative estimate of drug-likeness (QED) is 0.545. The second-order valence-electron chi connectivity index (χ2n) is 7.97. The Balaban J connectivity index is 1.62. The number of carbonyl (C=O) groups excluding carboxylic acids is 1. The number of ether oxygens (including phenoxy) is 3. The molecule has 1 heterocycles. The van der Waals surface area contributed by atoms with E-state index in [2.05, 4.69) is 10.3 Å². The number of nitrogens with one attached hydrogen (secondary N) is 1. The maximum absolute atomic E-state index is 12.5. The molecule has 1 N–H and O–H groups in total. The van der Waals surface area contributed by atoms with Crippen molar-refractivity contribution in [3.8, 4) is 11.8 Å². The third kappa shape index (κ3) is 6.14. The number of benzene rings is 1. The highest BCUT2D eigenvalue weighted by Crippen LogP contribution is 2.39. The van der Waals surface area contributed by atoms with Gasteiger partial charge in [-0.15, -0.1) is 0 Å². The van der Waals surface area contributed by atoms with E-state index in [1.165, 1.54) is 13.0 Å². The lowest BCUT2D eigenvalue weighted by atomic mass is 9.95. The molecule has 0 aliphatic heterocycles. The van der Waals surface area contributed by atoms with Gasteiger partial charge in [0.1, 0.15) is 29.0 Å². The Morgan fingerprint density at radius 3 is 2.53 bits per heavy atom. The van der Waals surface area contributed by atoms with E-state index >= 15 is 0 Å². The summed E-state index contributed by atoms with van der Waals surface area (Å²) >= 11 is 12.7. The summed E-state index contributed by atoms with van der Waals surface area (Å²) in [5, 5.41) is 3.20. The molecule has 1 aromatic carbocycles. The monoisotopic (exact) mass is 493 g/mol. The van der Waals surface area contributed by atoms with Gasteiger partial charge in [-0.25, -0.2) is 8.78 Å². The van der Waals surface area contributed by atoms with Gasteiger partial charge < -0.3 is 19.5 Å². The Hall–Kier alpha value is -1.84. The van der Waals surface area contributed by atoms with Crippen molar-refractivity contribution in [2.75, 3.05) is 13.2 Å². The maximum atomic E-state index is 12.5. The fourth-order valence-corrected chi connectivity index (χ4v) is 4.31. The van der Waals surface area contributed by atoms with Crippen molar-refractivity contribution < 1.29 is 27.8 Å². The Morgan fingerprint density at radius 2 is 1.91 bits per heavy atom. The first kappa shape index (κ1) is 24.8. The summed E-state index contributed by atoms with van der Waals surface area (Å²) in [6, 6.07) is 1.69. The number of hydrogen-bond acceptors (Lipinski definition) is 5. The molecule has 1 amide bonds. The molecule has 0 unspecified atom stereocenters. The number of carbonyl (C=O) groups is 1. The minimum absolute atomic E-state index is 0.0365. The number of hydrogen-bond donors (Lipinski definition) is 1. The largest absolute Gasteiger partial charge is 0.486 e. The molecule has 32 heavy (non-hydrogen) atoms. The summed E-state index contributed by atoms with van der Waals surface area (Å²) < 4.78 is 43.8. The van der Waals surface area contributed by atoms with Crippen molar-refractivity contribution in [3.05, 3.63) is 16.1 Å². The van der Waals surface area contributed by atoms with Crippen LogP contribution in [0.5, 0.6) is 11.8 Å². The number of imidazole rings is 1. The van der Waals surface area contributed by atoms with Crippen LogP contribution in [-0.4, -0.2) is 53.3 Å². The van der Waals surface area contributed by atoms with Gasteiger partial charge in [0.25, 0.3) is 12.4 Å². The van der Waals surface area contributed by atoms with Gasteiger partial charge >= 0.3 is 0 Å².